The third kappa shape index (κ3) is 4.70. The molecule has 4 nitrogen and oxygen atoms in total. The molecule has 1 heterocycles. The van der Waals surface area contributed by atoms with Gasteiger partial charge in [0.05, 0.1) is 31.5 Å². The minimum atomic E-state index is -0.436. The van der Waals surface area contributed by atoms with Crippen LogP contribution >= 0.6 is 0 Å². The summed E-state index contributed by atoms with van der Waals surface area (Å²) in [5, 5.41) is 19.5. The van der Waals surface area contributed by atoms with Crippen molar-refractivity contribution in [1.82, 2.24) is 0 Å². The van der Waals surface area contributed by atoms with Crippen LogP contribution in [0.4, 0.5) is 0 Å². The highest BCUT2D eigenvalue weighted by molar-refractivity contribution is 5.41. The maximum Gasteiger partial charge on any atom is 0.119 e. The summed E-state index contributed by atoms with van der Waals surface area (Å²) in [6.07, 6.45) is 0.143. The standard InChI is InChI=1S/C23H30O4/c1-4-26-20-9-7-17(8-10-20)16(3)22-11-18(6-5-15(22)2)23-13-19(25)12-21(14-24)27-23/h5-11,16,19,21,23-25H,4,12-14H2,1-3H3. The number of aryl methyl sites for hydroxylation is 1. The van der Waals surface area contributed by atoms with E-state index in [0.717, 1.165) is 11.3 Å². The normalized spacial score (nSPS) is 23.8. The number of aliphatic hydroxyl groups excluding tert-OH is 2. The first-order valence-corrected chi connectivity index (χ1v) is 9.79. The first-order chi connectivity index (χ1) is 13.0. The summed E-state index contributed by atoms with van der Waals surface area (Å²) in [4.78, 5) is 0. The van der Waals surface area contributed by atoms with Gasteiger partial charge in [0.2, 0.25) is 0 Å². The van der Waals surface area contributed by atoms with Crippen LogP contribution in [0.1, 0.15) is 61.0 Å². The zero-order valence-electron chi connectivity index (χ0n) is 16.4. The molecule has 27 heavy (non-hydrogen) atoms. The van der Waals surface area contributed by atoms with Crippen molar-refractivity contribution in [1.29, 1.82) is 0 Å². The smallest absolute Gasteiger partial charge is 0.119 e. The second-order valence-corrected chi connectivity index (χ2v) is 7.39. The van der Waals surface area contributed by atoms with Gasteiger partial charge in [-0.25, -0.2) is 0 Å². The summed E-state index contributed by atoms with van der Waals surface area (Å²) >= 11 is 0. The summed E-state index contributed by atoms with van der Waals surface area (Å²) < 4.78 is 11.5. The van der Waals surface area contributed by atoms with Gasteiger partial charge < -0.3 is 19.7 Å². The highest BCUT2D eigenvalue weighted by Crippen LogP contribution is 2.35. The first-order valence-electron chi connectivity index (χ1n) is 9.79. The predicted molar refractivity (Wildman–Crippen MR) is 106 cm³/mol. The van der Waals surface area contributed by atoms with Crippen LogP contribution in [0.15, 0.2) is 42.5 Å². The molecule has 4 unspecified atom stereocenters. The quantitative estimate of drug-likeness (QED) is 0.803. The van der Waals surface area contributed by atoms with Gasteiger partial charge in [-0.1, -0.05) is 37.3 Å². The highest BCUT2D eigenvalue weighted by Gasteiger charge is 2.29. The number of rotatable bonds is 6. The van der Waals surface area contributed by atoms with Gasteiger partial charge in [0.25, 0.3) is 0 Å². The largest absolute Gasteiger partial charge is 0.494 e. The lowest BCUT2D eigenvalue weighted by Gasteiger charge is -2.33. The van der Waals surface area contributed by atoms with Crippen molar-refractivity contribution in [2.24, 2.45) is 0 Å². The van der Waals surface area contributed by atoms with E-state index in [1.807, 2.05) is 19.1 Å². The molecule has 146 valence electrons. The molecule has 0 amide bonds. The van der Waals surface area contributed by atoms with E-state index in [4.69, 9.17) is 9.47 Å². The minimum Gasteiger partial charge on any atom is -0.494 e. The van der Waals surface area contributed by atoms with Crippen LogP contribution in [-0.4, -0.2) is 35.6 Å². The van der Waals surface area contributed by atoms with Gasteiger partial charge in [-0.05, 0) is 48.2 Å². The number of aliphatic hydroxyl groups is 2. The fourth-order valence-corrected chi connectivity index (χ4v) is 3.85. The average Bonchev–Trinajstić information content (AvgIpc) is 2.68. The molecule has 1 fully saturated rings. The van der Waals surface area contributed by atoms with E-state index in [-0.39, 0.29) is 24.7 Å². The Hall–Kier alpha value is -1.88. The van der Waals surface area contributed by atoms with Crippen LogP contribution in [0.2, 0.25) is 0 Å². The van der Waals surface area contributed by atoms with E-state index < -0.39 is 6.10 Å². The Morgan fingerprint density at radius 3 is 2.56 bits per heavy atom. The molecule has 0 spiro atoms. The van der Waals surface area contributed by atoms with Gasteiger partial charge in [0, 0.05) is 18.8 Å². The Bertz CT molecular complexity index is 741. The molecule has 0 bridgehead atoms. The Labute approximate surface area is 161 Å². The molecule has 4 heteroatoms. The SMILES string of the molecule is CCOc1ccc(C(C)c2cc(C3CC(O)CC(CO)O3)ccc2C)cc1. The van der Waals surface area contributed by atoms with Crippen molar-refractivity contribution >= 4 is 0 Å². The molecule has 1 aliphatic rings. The molecular formula is C23H30O4. The van der Waals surface area contributed by atoms with Crippen LogP contribution in [-0.2, 0) is 4.74 Å². The van der Waals surface area contributed by atoms with Crippen LogP contribution in [0.25, 0.3) is 0 Å². The summed E-state index contributed by atoms with van der Waals surface area (Å²) in [6, 6.07) is 14.6. The Kier molecular flexibility index (Phi) is 6.53. The maximum atomic E-state index is 10.1. The Morgan fingerprint density at radius 2 is 1.89 bits per heavy atom. The molecule has 0 aromatic heterocycles. The summed E-state index contributed by atoms with van der Waals surface area (Å²) in [7, 11) is 0. The molecule has 0 saturated carbocycles. The second-order valence-electron chi connectivity index (χ2n) is 7.39. The lowest BCUT2D eigenvalue weighted by molar-refractivity contribution is -0.113. The lowest BCUT2D eigenvalue weighted by Crippen LogP contribution is -2.33. The van der Waals surface area contributed by atoms with Gasteiger partial charge in [0.15, 0.2) is 0 Å². The molecule has 4 atom stereocenters. The van der Waals surface area contributed by atoms with E-state index in [2.05, 4.69) is 44.2 Å². The molecule has 0 radical (unpaired) electrons. The Morgan fingerprint density at radius 1 is 1.15 bits per heavy atom. The third-order valence-electron chi connectivity index (χ3n) is 5.41. The van der Waals surface area contributed by atoms with Crippen molar-refractivity contribution in [3.8, 4) is 5.75 Å². The number of ether oxygens (including phenoxy) is 2. The van der Waals surface area contributed by atoms with Gasteiger partial charge in [-0.3, -0.25) is 0 Å². The Balaban J connectivity index is 1.84. The van der Waals surface area contributed by atoms with Crippen molar-refractivity contribution in [3.05, 3.63) is 64.7 Å². The number of hydrogen-bond acceptors (Lipinski definition) is 4. The molecule has 0 aliphatic carbocycles. The molecule has 2 aromatic carbocycles. The van der Waals surface area contributed by atoms with Crippen molar-refractivity contribution in [2.45, 2.75) is 57.8 Å². The molecular weight excluding hydrogens is 340 g/mol. The average molecular weight is 370 g/mol. The van der Waals surface area contributed by atoms with Gasteiger partial charge in [0.1, 0.15) is 5.75 Å². The molecule has 2 N–H and O–H groups in total. The van der Waals surface area contributed by atoms with Crippen molar-refractivity contribution in [3.63, 3.8) is 0 Å². The second kappa shape index (κ2) is 8.87. The van der Waals surface area contributed by atoms with Gasteiger partial charge in [-0.15, -0.1) is 0 Å². The fourth-order valence-electron chi connectivity index (χ4n) is 3.85. The number of benzene rings is 2. The number of hydrogen-bond donors (Lipinski definition) is 2. The van der Waals surface area contributed by atoms with E-state index >= 15 is 0 Å². The van der Waals surface area contributed by atoms with Gasteiger partial charge >= 0.3 is 0 Å². The maximum absolute atomic E-state index is 10.1. The minimum absolute atomic E-state index is 0.0607. The highest BCUT2D eigenvalue weighted by atomic mass is 16.5. The van der Waals surface area contributed by atoms with Crippen LogP contribution in [0, 0.1) is 6.92 Å². The molecule has 1 saturated heterocycles. The van der Waals surface area contributed by atoms with Crippen LogP contribution in [0.5, 0.6) is 5.75 Å². The van der Waals surface area contributed by atoms with Crippen LogP contribution < -0.4 is 4.74 Å². The van der Waals surface area contributed by atoms with E-state index in [1.54, 1.807) is 0 Å². The fraction of sp³-hybridized carbons (Fsp3) is 0.478. The van der Waals surface area contributed by atoms with Gasteiger partial charge in [-0.2, -0.15) is 0 Å². The third-order valence-corrected chi connectivity index (χ3v) is 5.41. The molecule has 2 aromatic rings. The van der Waals surface area contributed by atoms with Crippen LogP contribution in [0.3, 0.4) is 0 Å². The van der Waals surface area contributed by atoms with E-state index in [1.165, 1.54) is 16.7 Å². The van der Waals surface area contributed by atoms with Crippen molar-refractivity contribution < 1.29 is 19.7 Å². The summed E-state index contributed by atoms with van der Waals surface area (Å²) in [5.41, 5.74) is 4.78. The topological polar surface area (TPSA) is 58.9 Å². The zero-order chi connectivity index (χ0) is 19.4. The first kappa shape index (κ1) is 19.9. The monoisotopic (exact) mass is 370 g/mol. The summed E-state index contributed by atoms with van der Waals surface area (Å²) in [6.45, 7) is 6.91. The van der Waals surface area contributed by atoms with E-state index in [9.17, 15) is 10.2 Å². The molecule has 3 rings (SSSR count). The molecule has 1 aliphatic heterocycles. The predicted octanol–water partition coefficient (Wildman–Crippen LogP) is 4.12. The van der Waals surface area contributed by atoms with E-state index in [0.29, 0.717) is 19.4 Å². The summed E-state index contributed by atoms with van der Waals surface area (Å²) in [5.74, 6) is 1.13. The zero-order valence-corrected chi connectivity index (χ0v) is 16.4. The van der Waals surface area contributed by atoms with Crippen molar-refractivity contribution in [2.75, 3.05) is 13.2 Å². The lowest BCUT2D eigenvalue weighted by atomic mass is 9.87.